The van der Waals surface area contributed by atoms with Crippen molar-refractivity contribution in [1.82, 2.24) is 9.88 Å². The Bertz CT molecular complexity index is 702. The lowest BCUT2D eigenvalue weighted by molar-refractivity contribution is 0.0749. The van der Waals surface area contributed by atoms with Gasteiger partial charge in [0.15, 0.2) is 0 Å². The molecule has 1 amide bonds. The van der Waals surface area contributed by atoms with E-state index in [9.17, 15) is 4.79 Å². The number of pyridine rings is 1. The molecule has 1 aromatic carbocycles. The molecule has 1 aliphatic rings. The number of fused-ring (bicyclic) bond motifs is 1. The van der Waals surface area contributed by atoms with Gasteiger partial charge in [-0.2, -0.15) is 11.8 Å². The van der Waals surface area contributed by atoms with Crippen LogP contribution >= 0.6 is 23.4 Å². The lowest BCUT2D eigenvalue weighted by Crippen LogP contribution is -2.46. The van der Waals surface area contributed by atoms with Crippen LogP contribution in [-0.2, 0) is 0 Å². The molecule has 110 valence electrons. The fraction of sp³-hybridized carbons (Fsp3) is 0.375. The van der Waals surface area contributed by atoms with Crippen molar-refractivity contribution in [1.29, 1.82) is 0 Å². The third-order valence-corrected chi connectivity index (χ3v) is 5.29. The average molecular weight is 321 g/mol. The number of carbonyl (C=O) groups is 1. The SMILES string of the molecule is CC1(C)CN(C(=O)c2cnc(Cl)c3ccccc23)CCS1. The van der Waals surface area contributed by atoms with E-state index >= 15 is 0 Å². The van der Waals surface area contributed by atoms with Crippen LogP contribution in [0.3, 0.4) is 0 Å². The molecule has 0 aliphatic carbocycles. The van der Waals surface area contributed by atoms with Crippen LogP contribution < -0.4 is 0 Å². The van der Waals surface area contributed by atoms with Crippen molar-refractivity contribution < 1.29 is 4.79 Å². The smallest absolute Gasteiger partial charge is 0.256 e. The van der Waals surface area contributed by atoms with Crippen LogP contribution in [0, 0.1) is 0 Å². The summed E-state index contributed by atoms with van der Waals surface area (Å²) in [4.78, 5) is 18.9. The number of halogens is 1. The molecule has 1 aromatic heterocycles. The summed E-state index contributed by atoms with van der Waals surface area (Å²) in [5, 5.41) is 2.14. The molecule has 2 aromatic rings. The third-order valence-electron chi connectivity index (χ3n) is 3.69. The van der Waals surface area contributed by atoms with Gasteiger partial charge in [-0.05, 0) is 19.2 Å². The largest absolute Gasteiger partial charge is 0.336 e. The molecule has 0 saturated carbocycles. The quantitative estimate of drug-likeness (QED) is 0.748. The van der Waals surface area contributed by atoms with Crippen LogP contribution in [0.15, 0.2) is 30.5 Å². The van der Waals surface area contributed by atoms with Crippen LogP contribution in [0.5, 0.6) is 0 Å². The number of carbonyl (C=O) groups excluding carboxylic acids is 1. The second-order valence-electron chi connectivity index (χ2n) is 5.84. The Kier molecular flexibility index (Phi) is 3.84. The Balaban J connectivity index is 2.01. The Hall–Kier alpha value is -1.26. The first-order valence-electron chi connectivity index (χ1n) is 6.94. The summed E-state index contributed by atoms with van der Waals surface area (Å²) in [6, 6.07) is 7.66. The van der Waals surface area contributed by atoms with Gasteiger partial charge in [-0.15, -0.1) is 0 Å². The predicted octanol–water partition coefficient (Wildman–Crippen LogP) is 3.86. The molecule has 3 nitrogen and oxygen atoms in total. The van der Waals surface area contributed by atoms with Gasteiger partial charge in [0.05, 0.1) is 5.56 Å². The molecule has 1 fully saturated rings. The van der Waals surface area contributed by atoms with E-state index in [1.54, 1.807) is 6.20 Å². The van der Waals surface area contributed by atoms with Gasteiger partial charge in [0.2, 0.25) is 0 Å². The number of amides is 1. The molecule has 0 atom stereocenters. The highest BCUT2D eigenvalue weighted by Crippen LogP contribution is 2.31. The van der Waals surface area contributed by atoms with E-state index in [0.717, 1.165) is 29.6 Å². The van der Waals surface area contributed by atoms with Crippen molar-refractivity contribution in [3.8, 4) is 0 Å². The van der Waals surface area contributed by atoms with Gasteiger partial charge in [-0.25, -0.2) is 4.98 Å². The van der Waals surface area contributed by atoms with Crippen LogP contribution in [0.2, 0.25) is 5.15 Å². The van der Waals surface area contributed by atoms with Crippen LogP contribution in [0.25, 0.3) is 10.8 Å². The maximum atomic E-state index is 12.8. The standard InChI is InChI=1S/C16H17ClN2OS/c1-16(2)10-19(7-8-21-16)15(20)13-9-18-14(17)12-6-4-3-5-11(12)13/h3-6,9H,7-8,10H2,1-2H3. The normalized spacial score (nSPS) is 18.0. The number of rotatable bonds is 1. The number of thioether (sulfide) groups is 1. The molecule has 0 radical (unpaired) electrons. The topological polar surface area (TPSA) is 33.2 Å². The van der Waals surface area contributed by atoms with Gasteiger partial charge in [-0.1, -0.05) is 35.9 Å². The number of aromatic nitrogens is 1. The highest BCUT2D eigenvalue weighted by atomic mass is 35.5. The molecule has 0 spiro atoms. The number of hydrogen-bond acceptors (Lipinski definition) is 3. The third kappa shape index (κ3) is 2.87. The van der Waals surface area contributed by atoms with E-state index in [1.807, 2.05) is 40.9 Å². The Morgan fingerprint density at radius 3 is 2.76 bits per heavy atom. The number of benzene rings is 1. The van der Waals surface area contributed by atoms with Gasteiger partial charge in [0.25, 0.3) is 5.91 Å². The second-order valence-corrected chi connectivity index (χ2v) is 8.00. The zero-order valence-electron chi connectivity index (χ0n) is 12.1. The fourth-order valence-electron chi connectivity index (χ4n) is 2.69. The average Bonchev–Trinajstić information content (AvgIpc) is 2.46. The lowest BCUT2D eigenvalue weighted by Gasteiger charge is -2.37. The minimum atomic E-state index is 0.0451. The summed E-state index contributed by atoms with van der Waals surface area (Å²) in [7, 11) is 0. The van der Waals surface area contributed by atoms with Crippen LogP contribution in [0.1, 0.15) is 24.2 Å². The van der Waals surface area contributed by atoms with Gasteiger partial charge in [-0.3, -0.25) is 4.79 Å². The van der Waals surface area contributed by atoms with Crippen LogP contribution in [0.4, 0.5) is 0 Å². The fourth-order valence-corrected chi connectivity index (χ4v) is 4.01. The van der Waals surface area contributed by atoms with E-state index in [1.165, 1.54) is 0 Å². The van der Waals surface area contributed by atoms with E-state index in [-0.39, 0.29) is 10.7 Å². The van der Waals surface area contributed by atoms with Crippen molar-refractivity contribution in [3.05, 3.63) is 41.2 Å². The van der Waals surface area contributed by atoms with Crippen molar-refractivity contribution in [2.75, 3.05) is 18.8 Å². The Morgan fingerprint density at radius 1 is 1.33 bits per heavy atom. The monoisotopic (exact) mass is 320 g/mol. The molecule has 21 heavy (non-hydrogen) atoms. The first-order chi connectivity index (χ1) is 9.98. The molecule has 3 rings (SSSR count). The molecule has 5 heteroatoms. The summed E-state index contributed by atoms with van der Waals surface area (Å²) in [6.07, 6.45) is 1.60. The van der Waals surface area contributed by atoms with Gasteiger partial charge >= 0.3 is 0 Å². The van der Waals surface area contributed by atoms with Crippen molar-refractivity contribution in [2.24, 2.45) is 0 Å². The summed E-state index contributed by atoms with van der Waals surface area (Å²) in [5.41, 5.74) is 0.637. The summed E-state index contributed by atoms with van der Waals surface area (Å²) < 4.78 is 0.101. The van der Waals surface area contributed by atoms with E-state index in [4.69, 9.17) is 11.6 Å². The van der Waals surface area contributed by atoms with Crippen molar-refractivity contribution in [2.45, 2.75) is 18.6 Å². The predicted molar refractivity (Wildman–Crippen MR) is 89.2 cm³/mol. The molecule has 1 aliphatic heterocycles. The molecular weight excluding hydrogens is 304 g/mol. The van der Waals surface area contributed by atoms with E-state index in [0.29, 0.717) is 10.7 Å². The summed E-state index contributed by atoms with van der Waals surface area (Å²) in [5.74, 6) is 1.02. The van der Waals surface area contributed by atoms with Crippen molar-refractivity contribution in [3.63, 3.8) is 0 Å². The second kappa shape index (κ2) is 5.50. The van der Waals surface area contributed by atoms with Gasteiger partial charge in [0, 0.05) is 35.2 Å². The zero-order valence-corrected chi connectivity index (χ0v) is 13.7. The first kappa shape index (κ1) is 14.7. The molecule has 0 bridgehead atoms. The summed E-state index contributed by atoms with van der Waals surface area (Å²) in [6.45, 7) is 5.89. The molecule has 2 heterocycles. The lowest BCUT2D eigenvalue weighted by atomic mass is 10.1. The summed E-state index contributed by atoms with van der Waals surface area (Å²) >= 11 is 8.04. The van der Waals surface area contributed by atoms with Crippen LogP contribution in [-0.4, -0.2) is 39.4 Å². The zero-order chi connectivity index (χ0) is 15.0. The van der Waals surface area contributed by atoms with Crippen molar-refractivity contribution >= 4 is 40.0 Å². The molecule has 0 unspecified atom stereocenters. The molecular formula is C16H17ClN2OS. The first-order valence-corrected chi connectivity index (χ1v) is 8.31. The van der Waals surface area contributed by atoms with E-state index in [2.05, 4.69) is 18.8 Å². The number of nitrogens with zero attached hydrogens (tertiary/aromatic N) is 2. The van der Waals surface area contributed by atoms with Gasteiger partial charge < -0.3 is 4.90 Å². The minimum Gasteiger partial charge on any atom is -0.336 e. The highest BCUT2D eigenvalue weighted by molar-refractivity contribution is 8.00. The Morgan fingerprint density at radius 2 is 2.05 bits per heavy atom. The Labute approximate surface area is 133 Å². The maximum Gasteiger partial charge on any atom is 0.256 e. The minimum absolute atomic E-state index is 0.0451. The molecule has 1 saturated heterocycles. The highest BCUT2D eigenvalue weighted by Gasteiger charge is 2.30. The van der Waals surface area contributed by atoms with Gasteiger partial charge in [0.1, 0.15) is 5.15 Å². The molecule has 0 N–H and O–H groups in total. The van der Waals surface area contributed by atoms with E-state index < -0.39 is 0 Å². The maximum absolute atomic E-state index is 12.8. The number of hydrogen-bond donors (Lipinski definition) is 0.